The van der Waals surface area contributed by atoms with Gasteiger partial charge in [-0.25, -0.2) is 4.98 Å². The Morgan fingerprint density at radius 2 is 1.71 bits per heavy atom. The van der Waals surface area contributed by atoms with Crippen molar-refractivity contribution in [3.8, 4) is 11.5 Å². The first-order chi connectivity index (χ1) is 14.8. The molecule has 8 heteroatoms. The molecule has 2 N–H and O–H groups in total. The van der Waals surface area contributed by atoms with Gasteiger partial charge in [0, 0.05) is 29.6 Å². The second-order valence-electron chi connectivity index (χ2n) is 7.42. The number of rotatable bonds is 6. The molecule has 1 aliphatic carbocycles. The average Bonchev–Trinajstić information content (AvgIpc) is 3.56. The van der Waals surface area contributed by atoms with Crippen molar-refractivity contribution in [1.29, 1.82) is 0 Å². The first-order valence-corrected chi connectivity index (χ1v) is 9.78. The van der Waals surface area contributed by atoms with Gasteiger partial charge in [0.2, 0.25) is 5.91 Å². The highest BCUT2D eigenvalue weighted by Crippen LogP contribution is 2.34. The van der Waals surface area contributed by atoms with Crippen LogP contribution in [0.2, 0.25) is 0 Å². The van der Waals surface area contributed by atoms with Gasteiger partial charge in [-0.15, -0.1) is 0 Å². The number of hydrogen-bond donors (Lipinski definition) is 2. The lowest BCUT2D eigenvalue weighted by Crippen LogP contribution is -2.14. The molecule has 5 nitrogen and oxygen atoms in total. The largest absolute Gasteiger partial charge is 0.457 e. The van der Waals surface area contributed by atoms with E-state index >= 15 is 0 Å². The fraction of sp³-hybridized carbons (Fsp3) is 0.217. The van der Waals surface area contributed by atoms with Gasteiger partial charge in [-0.05, 0) is 67.8 Å². The van der Waals surface area contributed by atoms with Gasteiger partial charge in [-0.1, -0.05) is 6.07 Å². The molecule has 0 atom stereocenters. The van der Waals surface area contributed by atoms with E-state index in [0.717, 1.165) is 18.9 Å². The van der Waals surface area contributed by atoms with Crippen LogP contribution in [0.25, 0.3) is 0 Å². The fourth-order valence-electron chi connectivity index (χ4n) is 3.03. The summed E-state index contributed by atoms with van der Waals surface area (Å²) in [6.45, 7) is 1.43. The van der Waals surface area contributed by atoms with Gasteiger partial charge in [-0.2, -0.15) is 13.2 Å². The Morgan fingerprint density at radius 3 is 2.39 bits per heavy atom. The van der Waals surface area contributed by atoms with Gasteiger partial charge in [0.1, 0.15) is 17.3 Å². The third kappa shape index (κ3) is 5.33. The summed E-state index contributed by atoms with van der Waals surface area (Å²) in [6.07, 6.45) is -1.05. The summed E-state index contributed by atoms with van der Waals surface area (Å²) in [7, 11) is 0. The molecule has 0 bridgehead atoms. The molecule has 1 heterocycles. The van der Waals surface area contributed by atoms with Crippen LogP contribution in [0, 0.1) is 12.8 Å². The van der Waals surface area contributed by atoms with E-state index < -0.39 is 11.7 Å². The van der Waals surface area contributed by atoms with Crippen LogP contribution < -0.4 is 15.4 Å². The molecule has 0 saturated heterocycles. The van der Waals surface area contributed by atoms with Gasteiger partial charge in [0.05, 0.1) is 5.56 Å². The Hall–Kier alpha value is -3.55. The van der Waals surface area contributed by atoms with Gasteiger partial charge < -0.3 is 15.4 Å². The molecule has 3 aromatic rings. The molecule has 1 amide bonds. The summed E-state index contributed by atoms with van der Waals surface area (Å²) in [5, 5.41) is 5.73. The van der Waals surface area contributed by atoms with Crippen LogP contribution in [0.3, 0.4) is 0 Å². The number of carbonyl (C=O) groups excluding carboxylic acids is 1. The number of ether oxygens (including phenoxy) is 1. The van der Waals surface area contributed by atoms with Crippen LogP contribution in [-0.2, 0) is 11.0 Å². The number of hydrogen-bond acceptors (Lipinski definition) is 4. The van der Waals surface area contributed by atoms with Crippen molar-refractivity contribution in [2.24, 2.45) is 5.92 Å². The van der Waals surface area contributed by atoms with E-state index in [1.165, 1.54) is 13.0 Å². The molecule has 0 spiro atoms. The topological polar surface area (TPSA) is 63.2 Å². The molecule has 1 fully saturated rings. The van der Waals surface area contributed by atoms with Crippen LogP contribution in [0.5, 0.6) is 11.5 Å². The Labute approximate surface area is 177 Å². The maximum Gasteiger partial charge on any atom is 0.416 e. The minimum atomic E-state index is -4.40. The van der Waals surface area contributed by atoms with Crippen molar-refractivity contribution in [3.63, 3.8) is 0 Å². The third-order valence-corrected chi connectivity index (χ3v) is 4.85. The molecule has 4 rings (SSSR count). The van der Waals surface area contributed by atoms with Gasteiger partial charge in [0.15, 0.2) is 0 Å². The van der Waals surface area contributed by atoms with Crippen molar-refractivity contribution in [2.75, 3.05) is 10.6 Å². The molecular weight excluding hydrogens is 407 g/mol. The number of halogens is 3. The predicted octanol–water partition coefficient (Wildman–Crippen LogP) is 6.29. The lowest BCUT2D eigenvalue weighted by molar-refractivity contribution is -0.138. The summed E-state index contributed by atoms with van der Waals surface area (Å²) in [5.41, 5.74) is 0.472. The number of amides is 1. The summed E-state index contributed by atoms with van der Waals surface area (Å²) in [6, 6.07) is 14.2. The standard InChI is InChI=1S/C23H20F3N3O2/c1-14-2-5-17(12-20(14)23(24,25)26)28-16-6-8-18(9-7-16)31-19-10-11-27-21(13-19)29-22(30)15-3-4-15/h2,5-13,15,28H,3-4H2,1H3,(H,27,29,30). The number of aromatic nitrogens is 1. The quantitative estimate of drug-likeness (QED) is 0.485. The molecule has 1 aliphatic rings. The average molecular weight is 427 g/mol. The summed E-state index contributed by atoms with van der Waals surface area (Å²) >= 11 is 0. The lowest BCUT2D eigenvalue weighted by atomic mass is 10.1. The lowest BCUT2D eigenvalue weighted by Gasteiger charge is -2.14. The van der Waals surface area contributed by atoms with Crippen LogP contribution >= 0.6 is 0 Å². The third-order valence-electron chi connectivity index (χ3n) is 4.85. The van der Waals surface area contributed by atoms with Crippen molar-refractivity contribution in [1.82, 2.24) is 4.98 Å². The molecule has 1 aromatic heterocycles. The van der Waals surface area contributed by atoms with E-state index in [9.17, 15) is 18.0 Å². The first kappa shape index (κ1) is 20.7. The molecule has 0 unspecified atom stereocenters. The second kappa shape index (κ2) is 8.29. The van der Waals surface area contributed by atoms with Gasteiger partial charge in [0.25, 0.3) is 0 Å². The predicted molar refractivity (Wildman–Crippen MR) is 112 cm³/mol. The molecular formula is C23H20F3N3O2. The minimum Gasteiger partial charge on any atom is -0.457 e. The molecule has 160 valence electrons. The van der Waals surface area contributed by atoms with E-state index in [4.69, 9.17) is 4.74 Å². The number of nitrogens with one attached hydrogen (secondary N) is 2. The van der Waals surface area contributed by atoms with Crippen LogP contribution in [0.1, 0.15) is 24.0 Å². The molecule has 31 heavy (non-hydrogen) atoms. The Kier molecular flexibility index (Phi) is 5.54. The van der Waals surface area contributed by atoms with Crippen molar-refractivity contribution in [3.05, 3.63) is 71.9 Å². The molecule has 1 saturated carbocycles. The maximum atomic E-state index is 13.1. The fourth-order valence-corrected chi connectivity index (χ4v) is 3.03. The van der Waals surface area contributed by atoms with E-state index in [2.05, 4.69) is 15.6 Å². The zero-order chi connectivity index (χ0) is 22.0. The smallest absolute Gasteiger partial charge is 0.416 e. The van der Waals surface area contributed by atoms with Crippen LogP contribution in [0.15, 0.2) is 60.8 Å². The van der Waals surface area contributed by atoms with Crippen molar-refractivity contribution < 1.29 is 22.7 Å². The highest BCUT2D eigenvalue weighted by Gasteiger charge is 2.32. The Balaban J connectivity index is 1.41. The minimum absolute atomic E-state index is 0.0372. The second-order valence-corrected chi connectivity index (χ2v) is 7.42. The number of nitrogens with zero attached hydrogens (tertiary/aromatic N) is 1. The number of anilines is 3. The van der Waals surface area contributed by atoms with E-state index in [1.54, 1.807) is 48.7 Å². The first-order valence-electron chi connectivity index (χ1n) is 9.78. The van der Waals surface area contributed by atoms with Gasteiger partial charge in [-0.3, -0.25) is 4.79 Å². The number of pyridine rings is 1. The number of carbonyl (C=O) groups is 1. The zero-order valence-corrected chi connectivity index (χ0v) is 16.7. The summed E-state index contributed by atoms with van der Waals surface area (Å²) in [5.74, 6) is 1.51. The summed E-state index contributed by atoms with van der Waals surface area (Å²) in [4.78, 5) is 16.0. The molecule has 0 aliphatic heterocycles. The highest BCUT2D eigenvalue weighted by atomic mass is 19.4. The number of benzene rings is 2. The van der Waals surface area contributed by atoms with Gasteiger partial charge >= 0.3 is 6.18 Å². The SMILES string of the molecule is Cc1ccc(Nc2ccc(Oc3ccnc(NC(=O)C4CC4)c3)cc2)cc1C(F)(F)F. The summed E-state index contributed by atoms with van der Waals surface area (Å²) < 4.78 is 45.1. The normalized spacial score (nSPS) is 13.5. The van der Waals surface area contributed by atoms with Crippen LogP contribution in [0.4, 0.5) is 30.4 Å². The number of alkyl halides is 3. The maximum absolute atomic E-state index is 13.1. The Morgan fingerprint density at radius 1 is 1.00 bits per heavy atom. The molecule has 2 aromatic carbocycles. The van der Waals surface area contributed by atoms with E-state index in [1.807, 2.05) is 0 Å². The zero-order valence-electron chi connectivity index (χ0n) is 16.7. The highest BCUT2D eigenvalue weighted by molar-refractivity contribution is 5.93. The van der Waals surface area contributed by atoms with E-state index in [0.29, 0.717) is 28.7 Å². The monoisotopic (exact) mass is 427 g/mol. The molecule has 0 radical (unpaired) electrons. The van der Waals surface area contributed by atoms with Crippen molar-refractivity contribution in [2.45, 2.75) is 25.9 Å². The van der Waals surface area contributed by atoms with Crippen LogP contribution in [-0.4, -0.2) is 10.9 Å². The van der Waals surface area contributed by atoms with E-state index in [-0.39, 0.29) is 17.4 Å². The Bertz CT molecular complexity index is 1090. The number of aryl methyl sites for hydroxylation is 1. The van der Waals surface area contributed by atoms with Crippen molar-refractivity contribution >= 4 is 23.1 Å².